The first-order valence-corrected chi connectivity index (χ1v) is 6.24. The molecule has 20 heavy (non-hydrogen) atoms. The molecule has 0 aromatic heterocycles. The van der Waals surface area contributed by atoms with E-state index in [0.717, 1.165) is 4.90 Å². The highest BCUT2D eigenvalue weighted by Gasteiger charge is 2.33. The van der Waals surface area contributed by atoms with Crippen molar-refractivity contribution in [1.82, 2.24) is 10.2 Å². The number of benzene rings is 1. The second-order valence-electron chi connectivity index (χ2n) is 5.26. The Labute approximate surface area is 117 Å². The highest BCUT2D eigenvalue weighted by atomic mass is 16.2. The molecule has 2 rings (SSSR count). The second-order valence-corrected chi connectivity index (χ2v) is 5.26. The molecule has 1 aromatic rings. The van der Waals surface area contributed by atoms with Gasteiger partial charge in [0.15, 0.2) is 0 Å². The molecule has 0 aliphatic carbocycles. The van der Waals surface area contributed by atoms with E-state index >= 15 is 0 Å². The number of nitrogens with zero attached hydrogens (tertiary/aromatic N) is 1. The fraction of sp³-hybridized carbons (Fsp3) is 0.357. The van der Waals surface area contributed by atoms with Crippen LogP contribution in [0, 0.1) is 0 Å². The number of anilines is 1. The third-order valence-electron chi connectivity index (χ3n) is 3.54. The summed E-state index contributed by atoms with van der Waals surface area (Å²) in [5.74, 6) is -0.891. The Morgan fingerprint density at radius 3 is 2.35 bits per heavy atom. The molecule has 0 fully saturated rings. The van der Waals surface area contributed by atoms with Gasteiger partial charge in [0.25, 0.3) is 11.8 Å². The third kappa shape index (κ3) is 2.18. The van der Waals surface area contributed by atoms with E-state index in [-0.39, 0.29) is 17.7 Å². The van der Waals surface area contributed by atoms with Crippen molar-refractivity contribution in [2.75, 3.05) is 19.4 Å². The van der Waals surface area contributed by atoms with E-state index in [4.69, 9.17) is 0 Å². The topological polar surface area (TPSA) is 78.5 Å². The molecule has 0 atom stereocenters. The van der Waals surface area contributed by atoms with Gasteiger partial charge in [-0.15, -0.1) is 0 Å². The summed E-state index contributed by atoms with van der Waals surface area (Å²) in [4.78, 5) is 36.7. The Morgan fingerprint density at radius 2 is 1.75 bits per heavy atom. The predicted molar refractivity (Wildman–Crippen MR) is 74.6 cm³/mol. The molecule has 1 aromatic carbocycles. The summed E-state index contributed by atoms with van der Waals surface area (Å²) in [6.45, 7) is 3.50. The van der Waals surface area contributed by atoms with Gasteiger partial charge >= 0.3 is 0 Å². The quantitative estimate of drug-likeness (QED) is 0.802. The van der Waals surface area contributed by atoms with Crippen LogP contribution >= 0.6 is 0 Å². The van der Waals surface area contributed by atoms with Crippen LogP contribution in [0.15, 0.2) is 18.2 Å². The number of carbonyl (C=O) groups excluding carboxylic acids is 3. The van der Waals surface area contributed by atoms with Crippen molar-refractivity contribution >= 4 is 23.4 Å². The average molecular weight is 275 g/mol. The highest BCUT2D eigenvalue weighted by molar-refractivity contribution is 6.21. The molecule has 1 aliphatic rings. The molecule has 0 spiro atoms. The van der Waals surface area contributed by atoms with Crippen LogP contribution in [0.5, 0.6) is 0 Å². The van der Waals surface area contributed by atoms with Crippen LogP contribution in [-0.2, 0) is 4.79 Å². The van der Waals surface area contributed by atoms with Gasteiger partial charge in [0.2, 0.25) is 5.91 Å². The molecule has 0 unspecified atom stereocenters. The van der Waals surface area contributed by atoms with Crippen LogP contribution in [0.3, 0.4) is 0 Å². The van der Waals surface area contributed by atoms with Crippen molar-refractivity contribution in [3.63, 3.8) is 0 Å². The minimum Gasteiger partial charge on any atom is -0.324 e. The van der Waals surface area contributed by atoms with Crippen LogP contribution in [0.1, 0.15) is 34.6 Å². The van der Waals surface area contributed by atoms with E-state index < -0.39 is 5.54 Å². The summed E-state index contributed by atoms with van der Waals surface area (Å²) in [6.07, 6.45) is 0. The highest BCUT2D eigenvalue weighted by Crippen LogP contribution is 2.25. The smallest absolute Gasteiger partial charge is 0.261 e. The summed E-state index contributed by atoms with van der Waals surface area (Å²) < 4.78 is 0. The number of nitrogens with one attached hydrogen (secondary N) is 2. The molecule has 2 N–H and O–H groups in total. The summed E-state index contributed by atoms with van der Waals surface area (Å²) in [5.41, 5.74) is 0.449. The first-order valence-electron chi connectivity index (χ1n) is 6.24. The number of hydrogen-bond acceptors (Lipinski definition) is 4. The number of amides is 3. The van der Waals surface area contributed by atoms with E-state index in [1.54, 1.807) is 33.0 Å². The first kappa shape index (κ1) is 14.2. The number of carbonyl (C=O) groups is 3. The summed E-state index contributed by atoms with van der Waals surface area (Å²) in [5, 5.41) is 5.62. The van der Waals surface area contributed by atoms with Crippen LogP contribution in [0.25, 0.3) is 0 Å². The lowest BCUT2D eigenvalue weighted by Crippen LogP contribution is -2.47. The second kappa shape index (κ2) is 4.72. The summed E-state index contributed by atoms with van der Waals surface area (Å²) in [7, 11) is 3.13. The van der Waals surface area contributed by atoms with Crippen LogP contribution in [0.4, 0.5) is 5.69 Å². The molecule has 3 amide bonds. The monoisotopic (exact) mass is 275 g/mol. The predicted octanol–water partition coefficient (Wildman–Crippen LogP) is 0.849. The summed E-state index contributed by atoms with van der Waals surface area (Å²) >= 11 is 0. The van der Waals surface area contributed by atoms with Crippen molar-refractivity contribution in [2.45, 2.75) is 19.4 Å². The SMILES string of the molecule is CNC(C)(C)C(=O)Nc1ccc2c(c1)C(=O)N(C)C2=O. The molecular formula is C14H17N3O3. The molecule has 6 heteroatoms. The lowest BCUT2D eigenvalue weighted by atomic mass is 10.0. The Morgan fingerprint density at radius 1 is 1.15 bits per heavy atom. The zero-order chi connectivity index (χ0) is 15.1. The number of fused-ring (bicyclic) bond motifs is 1. The maximum atomic E-state index is 12.0. The van der Waals surface area contributed by atoms with Gasteiger partial charge in [-0.1, -0.05) is 0 Å². The number of rotatable bonds is 3. The van der Waals surface area contributed by atoms with Gasteiger partial charge in [-0.2, -0.15) is 0 Å². The van der Waals surface area contributed by atoms with Gasteiger partial charge in [0, 0.05) is 12.7 Å². The number of likely N-dealkylation sites (N-methyl/N-ethyl adjacent to an activating group) is 1. The molecule has 0 bridgehead atoms. The molecule has 1 aliphatic heterocycles. The van der Waals surface area contributed by atoms with Crippen molar-refractivity contribution in [3.05, 3.63) is 29.3 Å². The van der Waals surface area contributed by atoms with Crippen LogP contribution < -0.4 is 10.6 Å². The van der Waals surface area contributed by atoms with Gasteiger partial charge < -0.3 is 10.6 Å². The van der Waals surface area contributed by atoms with Crippen molar-refractivity contribution < 1.29 is 14.4 Å². The maximum absolute atomic E-state index is 12.0. The normalized spacial score (nSPS) is 14.5. The Hall–Kier alpha value is -2.21. The third-order valence-corrected chi connectivity index (χ3v) is 3.54. The molecule has 0 saturated carbocycles. The fourth-order valence-electron chi connectivity index (χ4n) is 1.84. The molecule has 1 heterocycles. The van der Waals surface area contributed by atoms with Gasteiger partial charge in [-0.3, -0.25) is 19.3 Å². The number of imide groups is 1. The summed E-state index contributed by atoms with van der Waals surface area (Å²) in [6, 6.07) is 4.70. The minimum atomic E-state index is -0.727. The standard InChI is InChI=1S/C14H17N3O3/c1-14(2,15-3)13(20)16-8-5-6-9-10(7-8)12(19)17(4)11(9)18/h5-7,15H,1-4H3,(H,16,20). The zero-order valence-corrected chi connectivity index (χ0v) is 11.9. The van der Waals surface area contributed by atoms with Gasteiger partial charge in [-0.05, 0) is 39.1 Å². The van der Waals surface area contributed by atoms with Crippen LogP contribution in [-0.4, -0.2) is 42.3 Å². The fourth-order valence-corrected chi connectivity index (χ4v) is 1.84. The largest absolute Gasteiger partial charge is 0.324 e. The van der Waals surface area contributed by atoms with E-state index in [1.807, 2.05) is 0 Å². The van der Waals surface area contributed by atoms with E-state index in [0.29, 0.717) is 16.8 Å². The maximum Gasteiger partial charge on any atom is 0.261 e. The van der Waals surface area contributed by atoms with Crippen molar-refractivity contribution in [3.8, 4) is 0 Å². The molecule has 0 radical (unpaired) electrons. The van der Waals surface area contributed by atoms with E-state index in [1.165, 1.54) is 13.1 Å². The van der Waals surface area contributed by atoms with Gasteiger partial charge in [0.1, 0.15) is 0 Å². The molecule has 0 saturated heterocycles. The Kier molecular flexibility index (Phi) is 3.35. The van der Waals surface area contributed by atoms with E-state index in [2.05, 4.69) is 10.6 Å². The van der Waals surface area contributed by atoms with Crippen molar-refractivity contribution in [2.24, 2.45) is 0 Å². The van der Waals surface area contributed by atoms with Crippen LogP contribution in [0.2, 0.25) is 0 Å². The molecular weight excluding hydrogens is 258 g/mol. The van der Waals surface area contributed by atoms with Gasteiger partial charge in [0.05, 0.1) is 16.7 Å². The molecule has 6 nitrogen and oxygen atoms in total. The molecule has 106 valence electrons. The van der Waals surface area contributed by atoms with Crippen molar-refractivity contribution in [1.29, 1.82) is 0 Å². The first-order chi connectivity index (χ1) is 9.27. The number of hydrogen-bond donors (Lipinski definition) is 2. The van der Waals surface area contributed by atoms with E-state index in [9.17, 15) is 14.4 Å². The lowest BCUT2D eigenvalue weighted by Gasteiger charge is -2.22. The Bertz CT molecular complexity index is 608. The lowest BCUT2D eigenvalue weighted by molar-refractivity contribution is -0.121. The average Bonchev–Trinajstić information content (AvgIpc) is 2.63. The van der Waals surface area contributed by atoms with Gasteiger partial charge in [-0.25, -0.2) is 0 Å². The zero-order valence-electron chi connectivity index (χ0n) is 11.9. The minimum absolute atomic E-state index is 0.218. The Balaban J connectivity index is 2.28.